The van der Waals surface area contributed by atoms with E-state index in [4.69, 9.17) is 0 Å². The fraction of sp³-hybridized carbons (Fsp3) is 0.444. The Kier molecular flexibility index (Phi) is 5.45. The number of carbonyl (C=O) groups excluding carboxylic acids is 1. The fourth-order valence-corrected chi connectivity index (χ4v) is 3.19. The van der Waals surface area contributed by atoms with Gasteiger partial charge in [-0.15, -0.1) is 0 Å². The first-order valence-electron chi connectivity index (χ1n) is 8.57. The minimum atomic E-state index is -0.303. The largest absolute Gasteiger partial charge is 0.316 e. The van der Waals surface area contributed by atoms with Gasteiger partial charge in [0.05, 0.1) is 17.9 Å². The molecule has 1 aromatic carbocycles. The van der Waals surface area contributed by atoms with E-state index in [9.17, 15) is 9.18 Å². The molecule has 2 aromatic rings. The Bertz CT molecular complexity index is 728. The van der Waals surface area contributed by atoms with Crippen molar-refractivity contribution in [1.29, 1.82) is 0 Å². The van der Waals surface area contributed by atoms with Crippen LogP contribution in [0.5, 0.6) is 0 Å². The number of halogens is 1. The zero-order valence-electron chi connectivity index (χ0n) is 14.6. The Balaban J connectivity index is 1.68. The van der Waals surface area contributed by atoms with Crippen molar-refractivity contribution in [3.63, 3.8) is 0 Å². The van der Waals surface area contributed by atoms with E-state index in [0.29, 0.717) is 24.1 Å². The number of likely N-dealkylation sites (N-methyl/N-ethyl adjacent to an activating group) is 1. The highest BCUT2D eigenvalue weighted by molar-refractivity contribution is 5.91. The van der Waals surface area contributed by atoms with Crippen LogP contribution in [-0.2, 0) is 4.79 Å². The number of nitrogens with one attached hydrogen (secondary N) is 2. The molecule has 7 heteroatoms. The summed E-state index contributed by atoms with van der Waals surface area (Å²) in [5.41, 5.74) is 1.49. The van der Waals surface area contributed by atoms with Crippen LogP contribution in [0, 0.1) is 12.7 Å². The van der Waals surface area contributed by atoms with Gasteiger partial charge in [0.25, 0.3) is 0 Å². The number of piperidine rings is 1. The van der Waals surface area contributed by atoms with Crippen molar-refractivity contribution in [2.24, 2.45) is 0 Å². The van der Waals surface area contributed by atoms with Crippen molar-refractivity contribution in [1.82, 2.24) is 20.0 Å². The monoisotopic (exact) mass is 345 g/mol. The summed E-state index contributed by atoms with van der Waals surface area (Å²) in [6.07, 6.45) is 2.23. The molecule has 1 aliphatic heterocycles. The molecule has 1 aromatic heterocycles. The molecule has 6 nitrogen and oxygen atoms in total. The lowest BCUT2D eigenvalue weighted by Gasteiger charge is -2.31. The molecule has 0 radical (unpaired) electrons. The van der Waals surface area contributed by atoms with Crippen LogP contribution in [0.3, 0.4) is 0 Å². The molecule has 0 spiro atoms. The highest BCUT2D eigenvalue weighted by Gasteiger charge is 2.21. The van der Waals surface area contributed by atoms with E-state index in [0.717, 1.165) is 31.6 Å². The van der Waals surface area contributed by atoms with Crippen molar-refractivity contribution in [3.8, 4) is 5.69 Å². The number of hydrogen-bond acceptors (Lipinski definition) is 4. The van der Waals surface area contributed by atoms with Crippen LogP contribution in [0.1, 0.15) is 18.5 Å². The lowest BCUT2D eigenvalue weighted by atomic mass is 10.1. The summed E-state index contributed by atoms with van der Waals surface area (Å²) in [6, 6.07) is 8.29. The first-order valence-corrected chi connectivity index (χ1v) is 8.57. The molecule has 2 heterocycles. The molecule has 1 saturated heterocycles. The third-order valence-corrected chi connectivity index (χ3v) is 4.45. The maximum absolute atomic E-state index is 13.1. The molecule has 1 fully saturated rings. The molecule has 1 amide bonds. The van der Waals surface area contributed by atoms with Gasteiger partial charge in [0.1, 0.15) is 11.6 Å². The van der Waals surface area contributed by atoms with Gasteiger partial charge in [0, 0.05) is 18.7 Å². The highest BCUT2D eigenvalue weighted by Crippen LogP contribution is 2.18. The van der Waals surface area contributed by atoms with E-state index in [-0.39, 0.29) is 11.7 Å². The van der Waals surface area contributed by atoms with Gasteiger partial charge < -0.3 is 10.6 Å². The first kappa shape index (κ1) is 17.6. The maximum atomic E-state index is 13.1. The van der Waals surface area contributed by atoms with Gasteiger partial charge in [0.15, 0.2) is 0 Å². The summed E-state index contributed by atoms with van der Waals surface area (Å²) in [4.78, 5) is 14.6. The number of rotatable bonds is 5. The summed E-state index contributed by atoms with van der Waals surface area (Å²) in [6.45, 7) is 4.02. The molecule has 3 rings (SSSR count). The van der Waals surface area contributed by atoms with Gasteiger partial charge in [-0.05, 0) is 57.6 Å². The van der Waals surface area contributed by atoms with Crippen molar-refractivity contribution in [2.45, 2.75) is 25.8 Å². The molecular weight excluding hydrogens is 321 g/mol. The van der Waals surface area contributed by atoms with Crippen molar-refractivity contribution >= 4 is 11.7 Å². The van der Waals surface area contributed by atoms with Gasteiger partial charge in [-0.25, -0.2) is 9.07 Å². The van der Waals surface area contributed by atoms with E-state index >= 15 is 0 Å². The summed E-state index contributed by atoms with van der Waals surface area (Å²) >= 11 is 0. The standard InChI is InChI=1S/C18H24FN5O/c1-13-10-17(24(22-13)16-7-5-14(19)6-8-16)21-18(25)12-23-9-3-4-15(11-23)20-2/h5-8,10,15,20H,3-4,9,11-12H2,1-2H3,(H,21,25). The molecule has 1 unspecified atom stereocenters. The smallest absolute Gasteiger partial charge is 0.239 e. The Labute approximate surface area is 147 Å². The fourth-order valence-electron chi connectivity index (χ4n) is 3.19. The minimum Gasteiger partial charge on any atom is -0.316 e. The number of aromatic nitrogens is 2. The van der Waals surface area contributed by atoms with Gasteiger partial charge >= 0.3 is 0 Å². The van der Waals surface area contributed by atoms with Crippen LogP contribution in [0.25, 0.3) is 5.69 Å². The zero-order chi connectivity index (χ0) is 17.8. The topological polar surface area (TPSA) is 62.2 Å². The third kappa shape index (κ3) is 4.43. The van der Waals surface area contributed by atoms with Gasteiger partial charge in [-0.2, -0.15) is 5.10 Å². The van der Waals surface area contributed by atoms with Crippen LogP contribution >= 0.6 is 0 Å². The molecular formula is C18H24FN5O. The van der Waals surface area contributed by atoms with E-state index in [1.54, 1.807) is 16.8 Å². The molecule has 0 saturated carbocycles. The van der Waals surface area contributed by atoms with Gasteiger partial charge in [0.2, 0.25) is 5.91 Å². The number of amides is 1. The number of aryl methyl sites for hydroxylation is 1. The first-order chi connectivity index (χ1) is 12.0. The Morgan fingerprint density at radius 2 is 2.12 bits per heavy atom. The quantitative estimate of drug-likeness (QED) is 0.869. The summed E-state index contributed by atoms with van der Waals surface area (Å²) in [5.74, 6) is 0.221. The molecule has 0 bridgehead atoms. The number of nitrogens with zero attached hydrogens (tertiary/aromatic N) is 3. The number of benzene rings is 1. The SMILES string of the molecule is CNC1CCCN(CC(=O)Nc2cc(C)nn2-c2ccc(F)cc2)C1. The second-order valence-electron chi connectivity index (χ2n) is 6.47. The van der Waals surface area contributed by atoms with Crippen LogP contribution in [0.2, 0.25) is 0 Å². The maximum Gasteiger partial charge on any atom is 0.239 e. The third-order valence-electron chi connectivity index (χ3n) is 4.45. The number of hydrogen-bond donors (Lipinski definition) is 2. The molecule has 134 valence electrons. The average molecular weight is 345 g/mol. The lowest BCUT2D eigenvalue weighted by molar-refractivity contribution is -0.117. The minimum absolute atomic E-state index is 0.0694. The Hall–Kier alpha value is -2.25. The predicted molar refractivity (Wildman–Crippen MR) is 95.4 cm³/mol. The summed E-state index contributed by atoms with van der Waals surface area (Å²) in [5, 5.41) is 10.6. The van der Waals surface area contributed by atoms with Crippen molar-refractivity contribution in [3.05, 3.63) is 41.8 Å². The second kappa shape index (κ2) is 7.76. The van der Waals surface area contributed by atoms with E-state index in [1.807, 2.05) is 20.0 Å². The van der Waals surface area contributed by atoms with Crippen LogP contribution in [-0.4, -0.2) is 53.3 Å². The Morgan fingerprint density at radius 1 is 1.36 bits per heavy atom. The average Bonchev–Trinajstić information content (AvgIpc) is 2.95. The van der Waals surface area contributed by atoms with Crippen molar-refractivity contribution < 1.29 is 9.18 Å². The number of carbonyl (C=O) groups is 1. The highest BCUT2D eigenvalue weighted by atomic mass is 19.1. The molecule has 1 aliphatic rings. The van der Waals surface area contributed by atoms with Gasteiger partial charge in [-0.3, -0.25) is 9.69 Å². The van der Waals surface area contributed by atoms with E-state index < -0.39 is 0 Å². The molecule has 1 atom stereocenters. The van der Waals surface area contributed by atoms with Crippen LogP contribution < -0.4 is 10.6 Å². The molecule has 0 aliphatic carbocycles. The zero-order valence-corrected chi connectivity index (χ0v) is 14.6. The summed E-state index contributed by atoms with van der Waals surface area (Å²) in [7, 11) is 1.96. The Morgan fingerprint density at radius 3 is 2.84 bits per heavy atom. The predicted octanol–water partition coefficient (Wildman–Crippen LogP) is 1.94. The number of likely N-dealkylation sites (tertiary alicyclic amines) is 1. The molecule has 25 heavy (non-hydrogen) atoms. The normalized spacial score (nSPS) is 18.3. The van der Waals surface area contributed by atoms with Crippen LogP contribution in [0.15, 0.2) is 30.3 Å². The lowest BCUT2D eigenvalue weighted by Crippen LogP contribution is -2.47. The van der Waals surface area contributed by atoms with E-state index in [1.165, 1.54) is 12.1 Å². The number of anilines is 1. The molecule has 2 N–H and O–H groups in total. The van der Waals surface area contributed by atoms with Crippen molar-refractivity contribution in [2.75, 3.05) is 32.0 Å². The van der Waals surface area contributed by atoms with E-state index in [2.05, 4.69) is 20.6 Å². The van der Waals surface area contributed by atoms with Crippen LogP contribution in [0.4, 0.5) is 10.2 Å². The second-order valence-corrected chi connectivity index (χ2v) is 6.47. The summed E-state index contributed by atoms with van der Waals surface area (Å²) < 4.78 is 14.8. The van der Waals surface area contributed by atoms with Gasteiger partial charge in [-0.1, -0.05) is 0 Å².